The smallest absolute Gasteiger partial charge is 0.319 e. The summed E-state index contributed by atoms with van der Waals surface area (Å²) < 4.78 is 26.3. The minimum atomic E-state index is -1.37. The Hall–Kier alpha value is -1.98. The van der Waals surface area contributed by atoms with Crippen molar-refractivity contribution in [2.24, 2.45) is 5.41 Å². The molecule has 1 fully saturated rings. The fraction of sp³-hybridized carbons (Fsp3) is 0.385. The van der Waals surface area contributed by atoms with Crippen LogP contribution >= 0.6 is 0 Å². The molecule has 0 aromatic heterocycles. The average molecular weight is 269 g/mol. The van der Waals surface area contributed by atoms with Crippen LogP contribution in [0.3, 0.4) is 0 Å². The SMILES string of the molecule is C[C@@H](NC(=O)C1(C(=O)O)CC1)c1ccc(F)cc1F. The van der Waals surface area contributed by atoms with Gasteiger partial charge in [-0.25, -0.2) is 8.78 Å². The number of rotatable bonds is 4. The van der Waals surface area contributed by atoms with Crippen molar-refractivity contribution in [3.05, 3.63) is 35.4 Å². The van der Waals surface area contributed by atoms with Gasteiger partial charge in [0, 0.05) is 11.6 Å². The van der Waals surface area contributed by atoms with Crippen molar-refractivity contribution in [3.8, 4) is 0 Å². The van der Waals surface area contributed by atoms with E-state index in [1.165, 1.54) is 13.0 Å². The van der Waals surface area contributed by atoms with Gasteiger partial charge < -0.3 is 10.4 Å². The van der Waals surface area contributed by atoms with Crippen LogP contribution in [0, 0.1) is 17.0 Å². The van der Waals surface area contributed by atoms with Gasteiger partial charge in [0.25, 0.3) is 0 Å². The Bertz CT molecular complexity index is 541. The summed E-state index contributed by atoms with van der Waals surface area (Å²) in [5.41, 5.74) is -1.25. The highest BCUT2D eigenvalue weighted by atomic mass is 19.1. The second-order valence-electron chi connectivity index (χ2n) is 4.75. The van der Waals surface area contributed by atoms with Crippen LogP contribution in [-0.2, 0) is 9.59 Å². The molecule has 0 unspecified atom stereocenters. The highest BCUT2D eigenvalue weighted by Crippen LogP contribution is 2.46. The average Bonchev–Trinajstić information content (AvgIpc) is 3.09. The van der Waals surface area contributed by atoms with Gasteiger partial charge >= 0.3 is 5.97 Å². The highest BCUT2D eigenvalue weighted by Gasteiger charge is 2.57. The molecule has 0 spiro atoms. The third-order valence-corrected chi connectivity index (χ3v) is 3.37. The normalized spacial score (nSPS) is 17.6. The number of benzene rings is 1. The first-order valence-corrected chi connectivity index (χ1v) is 5.86. The first-order chi connectivity index (χ1) is 8.86. The first-order valence-electron chi connectivity index (χ1n) is 5.86. The van der Waals surface area contributed by atoms with E-state index < -0.39 is 35.0 Å². The zero-order valence-corrected chi connectivity index (χ0v) is 10.2. The lowest BCUT2D eigenvalue weighted by Gasteiger charge is -2.18. The summed E-state index contributed by atoms with van der Waals surface area (Å²) in [6, 6.07) is 2.33. The number of carboxylic acid groups (broad SMARTS) is 1. The van der Waals surface area contributed by atoms with Crippen LogP contribution in [0.15, 0.2) is 18.2 Å². The van der Waals surface area contributed by atoms with Crippen molar-refractivity contribution in [1.82, 2.24) is 5.32 Å². The number of halogens is 2. The maximum absolute atomic E-state index is 13.5. The summed E-state index contributed by atoms with van der Waals surface area (Å²) in [5.74, 6) is -3.27. The Kier molecular flexibility index (Phi) is 3.26. The Morgan fingerprint density at radius 2 is 2.00 bits per heavy atom. The Balaban J connectivity index is 2.11. The van der Waals surface area contributed by atoms with Gasteiger partial charge in [-0.3, -0.25) is 9.59 Å². The lowest BCUT2D eigenvalue weighted by atomic mass is 10.0. The van der Waals surface area contributed by atoms with E-state index in [-0.39, 0.29) is 18.4 Å². The van der Waals surface area contributed by atoms with Gasteiger partial charge in [0.1, 0.15) is 17.0 Å². The van der Waals surface area contributed by atoms with Crippen LogP contribution in [0.2, 0.25) is 0 Å². The largest absolute Gasteiger partial charge is 0.480 e. The number of nitrogens with one attached hydrogen (secondary N) is 1. The van der Waals surface area contributed by atoms with Crippen molar-refractivity contribution in [3.63, 3.8) is 0 Å². The van der Waals surface area contributed by atoms with E-state index in [2.05, 4.69) is 5.32 Å². The fourth-order valence-electron chi connectivity index (χ4n) is 1.93. The molecule has 19 heavy (non-hydrogen) atoms. The third-order valence-electron chi connectivity index (χ3n) is 3.37. The number of carbonyl (C=O) groups excluding carboxylic acids is 1. The molecular formula is C13H13F2NO3. The molecule has 0 bridgehead atoms. The van der Waals surface area contributed by atoms with Gasteiger partial charge in [-0.2, -0.15) is 0 Å². The number of carbonyl (C=O) groups is 2. The van der Waals surface area contributed by atoms with E-state index in [1.807, 2.05) is 0 Å². The minimum Gasteiger partial charge on any atom is -0.480 e. The molecule has 2 rings (SSSR count). The minimum absolute atomic E-state index is 0.121. The number of hydrogen-bond donors (Lipinski definition) is 2. The number of hydrogen-bond acceptors (Lipinski definition) is 2. The maximum atomic E-state index is 13.5. The van der Waals surface area contributed by atoms with E-state index in [1.54, 1.807) is 0 Å². The molecule has 0 radical (unpaired) electrons. The molecule has 0 saturated heterocycles. The summed E-state index contributed by atoms with van der Waals surface area (Å²) in [7, 11) is 0. The van der Waals surface area contributed by atoms with E-state index in [9.17, 15) is 18.4 Å². The number of aliphatic carboxylic acids is 1. The summed E-state index contributed by atoms with van der Waals surface area (Å²) in [5, 5.41) is 11.4. The number of amides is 1. The highest BCUT2D eigenvalue weighted by molar-refractivity contribution is 6.04. The van der Waals surface area contributed by atoms with Gasteiger partial charge in [-0.1, -0.05) is 6.07 Å². The Morgan fingerprint density at radius 1 is 1.37 bits per heavy atom. The third kappa shape index (κ3) is 2.43. The van der Waals surface area contributed by atoms with Gasteiger partial charge in [0.05, 0.1) is 6.04 Å². The summed E-state index contributed by atoms with van der Waals surface area (Å²) in [6.07, 6.45) is 0.569. The van der Waals surface area contributed by atoms with Gasteiger partial charge in [0.2, 0.25) is 5.91 Å². The molecule has 1 aliphatic rings. The van der Waals surface area contributed by atoms with E-state index in [4.69, 9.17) is 5.11 Å². The van der Waals surface area contributed by atoms with Crippen molar-refractivity contribution in [1.29, 1.82) is 0 Å². The Morgan fingerprint density at radius 3 is 2.47 bits per heavy atom. The van der Waals surface area contributed by atoms with Crippen molar-refractivity contribution in [2.75, 3.05) is 0 Å². The van der Waals surface area contributed by atoms with Crippen LogP contribution in [0.25, 0.3) is 0 Å². The fourth-order valence-corrected chi connectivity index (χ4v) is 1.93. The molecule has 1 atom stereocenters. The molecule has 2 N–H and O–H groups in total. The van der Waals surface area contributed by atoms with E-state index in [0.717, 1.165) is 12.1 Å². The molecule has 0 aliphatic heterocycles. The van der Waals surface area contributed by atoms with Crippen molar-refractivity contribution < 1.29 is 23.5 Å². The molecule has 4 nitrogen and oxygen atoms in total. The molecule has 1 amide bonds. The molecule has 1 aromatic rings. The second-order valence-corrected chi connectivity index (χ2v) is 4.75. The quantitative estimate of drug-likeness (QED) is 0.822. The molecule has 1 aliphatic carbocycles. The molecule has 102 valence electrons. The monoisotopic (exact) mass is 269 g/mol. The summed E-state index contributed by atoms with van der Waals surface area (Å²) in [6.45, 7) is 1.52. The molecule has 6 heteroatoms. The molecular weight excluding hydrogens is 256 g/mol. The zero-order valence-electron chi connectivity index (χ0n) is 10.2. The molecule has 0 heterocycles. The van der Waals surface area contributed by atoms with Gasteiger partial charge in [-0.05, 0) is 25.8 Å². The van der Waals surface area contributed by atoms with Crippen molar-refractivity contribution in [2.45, 2.75) is 25.8 Å². The van der Waals surface area contributed by atoms with Crippen molar-refractivity contribution >= 4 is 11.9 Å². The first kappa shape index (κ1) is 13.5. The van der Waals surface area contributed by atoms with Gasteiger partial charge in [0.15, 0.2) is 0 Å². The maximum Gasteiger partial charge on any atom is 0.319 e. The lowest BCUT2D eigenvalue weighted by molar-refractivity contribution is -0.149. The predicted molar refractivity (Wildman–Crippen MR) is 62.2 cm³/mol. The molecule has 1 aromatic carbocycles. The summed E-state index contributed by atoms with van der Waals surface area (Å²) in [4.78, 5) is 22.8. The van der Waals surface area contributed by atoms with Crippen LogP contribution in [-0.4, -0.2) is 17.0 Å². The topological polar surface area (TPSA) is 66.4 Å². The number of carboxylic acids is 1. The van der Waals surface area contributed by atoms with Crippen LogP contribution < -0.4 is 5.32 Å². The Labute approximate surface area is 108 Å². The second kappa shape index (κ2) is 4.60. The van der Waals surface area contributed by atoms with Crippen LogP contribution in [0.1, 0.15) is 31.4 Å². The van der Waals surface area contributed by atoms with Gasteiger partial charge in [-0.15, -0.1) is 0 Å². The van der Waals surface area contributed by atoms with Crippen LogP contribution in [0.5, 0.6) is 0 Å². The summed E-state index contributed by atoms with van der Waals surface area (Å²) >= 11 is 0. The standard InChI is InChI=1S/C13H13F2NO3/c1-7(9-3-2-8(14)6-10(9)15)16-11(17)13(4-5-13)12(18)19/h2-3,6-7H,4-5H2,1H3,(H,16,17)(H,18,19)/t7-/m1/s1. The van der Waals surface area contributed by atoms with E-state index >= 15 is 0 Å². The lowest BCUT2D eigenvalue weighted by Crippen LogP contribution is -2.38. The zero-order chi connectivity index (χ0) is 14.2. The predicted octanol–water partition coefficient (Wildman–Crippen LogP) is 2.01. The molecule has 1 saturated carbocycles. The van der Waals surface area contributed by atoms with E-state index in [0.29, 0.717) is 0 Å². The van der Waals surface area contributed by atoms with Crippen LogP contribution in [0.4, 0.5) is 8.78 Å².